The third-order valence-electron chi connectivity index (χ3n) is 2.42. The van der Waals surface area contributed by atoms with E-state index in [1.807, 2.05) is 19.9 Å². The lowest BCUT2D eigenvalue weighted by molar-refractivity contribution is -0.0104. The maximum atomic E-state index is 10.00. The lowest BCUT2D eigenvalue weighted by Gasteiger charge is -2.29. The molecule has 0 fully saturated rings. The van der Waals surface area contributed by atoms with Crippen molar-refractivity contribution in [2.45, 2.75) is 52.1 Å². The average molecular weight is 169 g/mol. The molecular formula is C10H19NO. The van der Waals surface area contributed by atoms with Gasteiger partial charge >= 0.3 is 0 Å². The molecule has 0 amide bonds. The number of unbranched alkanes of at least 4 members (excludes halogenated alkanes) is 1. The largest absolute Gasteiger partial charge is 0.389 e. The molecule has 0 saturated carbocycles. The van der Waals surface area contributed by atoms with E-state index >= 15 is 0 Å². The molecule has 0 aromatic rings. The van der Waals surface area contributed by atoms with Crippen LogP contribution in [0, 0.1) is 17.2 Å². The zero-order valence-electron chi connectivity index (χ0n) is 8.30. The molecule has 2 heteroatoms. The Kier molecular flexibility index (Phi) is 4.92. The minimum absolute atomic E-state index is 0.170. The first-order valence-corrected chi connectivity index (χ1v) is 4.66. The molecular weight excluding hydrogens is 150 g/mol. The first-order valence-electron chi connectivity index (χ1n) is 4.66. The van der Waals surface area contributed by atoms with Crippen molar-refractivity contribution in [2.75, 3.05) is 0 Å². The zero-order chi connectivity index (χ0) is 9.61. The second kappa shape index (κ2) is 5.16. The Morgan fingerprint density at radius 3 is 2.42 bits per heavy atom. The summed E-state index contributed by atoms with van der Waals surface area (Å²) in [5, 5.41) is 18.5. The van der Waals surface area contributed by atoms with Gasteiger partial charge in [0.15, 0.2) is 0 Å². The minimum Gasteiger partial charge on any atom is -0.389 e. The van der Waals surface area contributed by atoms with Crippen LogP contribution in [-0.4, -0.2) is 10.7 Å². The van der Waals surface area contributed by atoms with Crippen LogP contribution in [0.25, 0.3) is 0 Å². The van der Waals surface area contributed by atoms with Gasteiger partial charge in [-0.25, -0.2) is 0 Å². The van der Waals surface area contributed by atoms with Crippen LogP contribution in [0.3, 0.4) is 0 Å². The van der Waals surface area contributed by atoms with Crippen LogP contribution >= 0.6 is 0 Å². The number of hydrogen-bond donors (Lipinski definition) is 1. The number of aliphatic hydroxyl groups is 1. The molecule has 2 nitrogen and oxygen atoms in total. The highest BCUT2D eigenvalue weighted by molar-refractivity contribution is 4.90. The third kappa shape index (κ3) is 3.23. The van der Waals surface area contributed by atoms with E-state index in [1.165, 1.54) is 0 Å². The Bertz CT molecular complexity index is 160. The Balaban J connectivity index is 4.10. The number of nitrogens with zero attached hydrogens (tertiary/aromatic N) is 1. The van der Waals surface area contributed by atoms with Crippen molar-refractivity contribution in [2.24, 2.45) is 5.92 Å². The van der Waals surface area contributed by atoms with E-state index in [-0.39, 0.29) is 12.3 Å². The summed E-state index contributed by atoms with van der Waals surface area (Å²) < 4.78 is 0. The van der Waals surface area contributed by atoms with E-state index in [9.17, 15) is 5.11 Å². The summed E-state index contributed by atoms with van der Waals surface area (Å²) in [7, 11) is 0. The molecule has 0 spiro atoms. The molecule has 0 aliphatic rings. The molecule has 1 atom stereocenters. The highest BCUT2D eigenvalue weighted by Crippen LogP contribution is 2.26. The van der Waals surface area contributed by atoms with Gasteiger partial charge < -0.3 is 5.11 Å². The van der Waals surface area contributed by atoms with Crippen LogP contribution in [-0.2, 0) is 0 Å². The van der Waals surface area contributed by atoms with Crippen LogP contribution in [0.4, 0.5) is 0 Å². The zero-order valence-corrected chi connectivity index (χ0v) is 8.30. The van der Waals surface area contributed by atoms with Gasteiger partial charge in [0, 0.05) is 0 Å². The molecule has 0 aromatic heterocycles. The monoisotopic (exact) mass is 169 g/mol. The lowest BCUT2D eigenvalue weighted by atomic mass is 9.83. The SMILES string of the molecule is CCCCC(O)(CC#N)C(C)C. The summed E-state index contributed by atoms with van der Waals surface area (Å²) in [6.45, 7) is 6.02. The van der Waals surface area contributed by atoms with Gasteiger partial charge in [-0.2, -0.15) is 5.26 Å². The van der Waals surface area contributed by atoms with Gasteiger partial charge in [-0.05, 0) is 12.3 Å². The molecule has 0 aromatic carbocycles. The van der Waals surface area contributed by atoms with Crippen molar-refractivity contribution >= 4 is 0 Å². The molecule has 0 rings (SSSR count). The fraction of sp³-hybridized carbons (Fsp3) is 0.900. The van der Waals surface area contributed by atoms with Gasteiger partial charge in [0.1, 0.15) is 0 Å². The molecule has 1 unspecified atom stereocenters. The molecule has 0 saturated heterocycles. The second-order valence-electron chi connectivity index (χ2n) is 3.70. The van der Waals surface area contributed by atoms with Crippen LogP contribution in [0.15, 0.2) is 0 Å². The highest BCUT2D eigenvalue weighted by atomic mass is 16.3. The van der Waals surface area contributed by atoms with Crippen LogP contribution in [0.5, 0.6) is 0 Å². The highest BCUT2D eigenvalue weighted by Gasteiger charge is 2.29. The summed E-state index contributed by atoms with van der Waals surface area (Å²) in [6.07, 6.45) is 3.07. The summed E-state index contributed by atoms with van der Waals surface area (Å²) in [6, 6.07) is 2.05. The summed E-state index contributed by atoms with van der Waals surface area (Å²) in [5.74, 6) is 0.170. The molecule has 0 heterocycles. The maximum Gasteiger partial charge on any atom is 0.0799 e. The smallest absolute Gasteiger partial charge is 0.0799 e. The summed E-state index contributed by atoms with van der Waals surface area (Å²) in [5.41, 5.74) is -0.759. The van der Waals surface area contributed by atoms with Gasteiger partial charge in [-0.1, -0.05) is 33.6 Å². The number of rotatable bonds is 5. The van der Waals surface area contributed by atoms with Crippen molar-refractivity contribution in [3.05, 3.63) is 0 Å². The average Bonchev–Trinajstić information content (AvgIpc) is 2.01. The maximum absolute atomic E-state index is 10.00. The molecule has 0 radical (unpaired) electrons. The van der Waals surface area contributed by atoms with Gasteiger partial charge in [-0.3, -0.25) is 0 Å². The normalized spacial score (nSPS) is 15.7. The number of nitriles is 1. The van der Waals surface area contributed by atoms with Crippen molar-refractivity contribution in [3.63, 3.8) is 0 Å². The van der Waals surface area contributed by atoms with Crippen LogP contribution < -0.4 is 0 Å². The van der Waals surface area contributed by atoms with Crippen LogP contribution in [0.2, 0.25) is 0 Å². The van der Waals surface area contributed by atoms with Crippen molar-refractivity contribution in [1.29, 1.82) is 5.26 Å². The van der Waals surface area contributed by atoms with Crippen molar-refractivity contribution in [3.8, 4) is 6.07 Å². The summed E-state index contributed by atoms with van der Waals surface area (Å²) >= 11 is 0. The van der Waals surface area contributed by atoms with Crippen molar-refractivity contribution in [1.82, 2.24) is 0 Å². The van der Waals surface area contributed by atoms with Crippen LogP contribution in [0.1, 0.15) is 46.5 Å². The standard InChI is InChI=1S/C10H19NO/c1-4-5-6-10(12,7-8-11)9(2)3/h9,12H,4-7H2,1-3H3. The first kappa shape index (κ1) is 11.4. The van der Waals surface area contributed by atoms with E-state index < -0.39 is 5.60 Å². The van der Waals surface area contributed by atoms with Gasteiger partial charge in [-0.15, -0.1) is 0 Å². The van der Waals surface area contributed by atoms with Gasteiger partial charge in [0.25, 0.3) is 0 Å². The Labute approximate surface area is 75.2 Å². The fourth-order valence-corrected chi connectivity index (χ4v) is 1.20. The van der Waals surface area contributed by atoms with E-state index in [4.69, 9.17) is 5.26 Å². The second-order valence-corrected chi connectivity index (χ2v) is 3.70. The number of hydrogen-bond acceptors (Lipinski definition) is 2. The van der Waals surface area contributed by atoms with Gasteiger partial charge in [0.2, 0.25) is 0 Å². The van der Waals surface area contributed by atoms with Crippen molar-refractivity contribution < 1.29 is 5.11 Å². The topological polar surface area (TPSA) is 44.0 Å². The first-order chi connectivity index (χ1) is 5.56. The Hall–Kier alpha value is -0.550. The molecule has 12 heavy (non-hydrogen) atoms. The van der Waals surface area contributed by atoms with E-state index in [0.29, 0.717) is 0 Å². The quantitative estimate of drug-likeness (QED) is 0.687. The Morgan fingerprint density at radius 2 is 2.08 bits per heavy atom. The van der Waals surface area contributed by atoms with E-state index in [1.54, 1.807) is 0 Å². The Morgan fingerprint density at radius 1 is 1.50 bits per heavy atom. The van der Waals surface area contributed by atoms with E-state index in [2.05, 4.69) is 6.92 Å². The lowest BCUT2D eigenvalue weighted by Crippen LogP contribution is -2.34. The van der Waals surface area contributed by atoms with E-state index in [0.717, 1.165) is 19.3 Å². The molecule has 1 N–H and O–H groups in total. The summed E-state index contributed by atoms with van der Waals surface area (Å²) in [4.78, 5) is 0. The third-order valence-corrected chi connectivity index (χ3v) is 2.42. The molecule has 0 bridgehead atoms. The molecule has 0 aliphatic heterocycles. The predicted molar refractivity (Wildman–Crippen MR) is 49.5 cm³/mol. The molecule has 0 aliphatic carbocycles. The predicted octanol–water partition coefficient (Wildman–Crippen LogP) is 2.48. The van der Waals surface area contributed by atoms with Gasteiger partial charge in [0.05, 0.1) is 18.1 Å². The molecule has 70 valence electrons. The minimum atomic E-state index is -0.759. The fourth-order valence-electron chi connectivity index (χ4n) is 1.20.